The Morgan fingerprint density at radius 2 is 1.67 bits per heavy atom. The van der Waals surface area contributed by atoms with Crippen molar-refractivity contribution < 1.29 is 23.9 Å². The molecule has 0 spiro atoms. The molecule has 0 aromatic heterocycles. The molecular weight excluding hydrogens is 346 g/mol. The van der Waals surface area contributed by atoms with Gasteiger partial charge in [-0.15, -0.1) is 0 Å². The Morgan fingerprint density at radius 3 is 2.30 bits per heavy atom. The molecule has 0 bridgehead atoms. The lowest BCUT2D eigenvalue weighted by atomic mass is 10.1. The van der Waals surface area contributed by atoms with Gasteiger partial charge in [-0.2, -0.15) is 0 Å². The first kappa shape index (κ1) is 20.2. The maximum absolute atomic E-state index is 12.1. The molecule has 142 valence electrons. The van der Waals surface area contributed by atoms with Crippen LogP contribution < -0.4 is 10.1 Å². The fraction of sp³-hybridized carbons (Fsp3) is 0.286. The third-order valence-corrected chi connectivity index (χ3v) is 3.77. The molecule has 6 heteroatoms. The van der Waals surface area contributed by atoms with Crippen molar-refractivity contribution >= 4 is 23.3 Å². The minimum atomic E-state index is -0.917. The van der Waals surface area contributed by atoms with Gasteiger partial charge in [0, 0.05) is 17.7 Å². The number of carbonyl (C=O) groups is 3. The van der Waals surface area contributed by atoms with Crippen LogP contribution in [-0.4, -0.2) is 30.4 Å². The molecule has 27 heavy (non-hydrogen) atoms. The summed E-state index contributed by atoms with van der Waals surface area (Å²) in [6.07, 6.45) is -0.258. The van der Waals surface area contributed by atoms with E-state index in [-0.39, 0.29) is 12.2 Å². The molecule has 2 rings (SSSR count). The number of nitrogens with one attached hydrogen (secondary N) is 1. The standard InChI is InChI=1S/C21H23NO5/c1-15(23)17-10-12-18(13-11-17)22-21(25)16(2)27-20(24)9-6-14-26-19-7-4-3-5-8-19/h3-5,7-8,10-13,16H,6,9,14H2,1-2H3,(H,22,25)/t16-/m0/s1. The summed E-state index contributed by atoms with van der Waals surface area (Å²) < 4.78 is 10.6. The van der Waals surface area contributed by atoms with Crippen molar-refractivity contribution in [1.29, 1.82) is 0 Å². The van der Waals surface area contributed by atoms with E-state index in [1.807, 2.05) is 30.3 Å². The summed E-state index contributed by atoms with van der Waals surface area (Å²) in [4.78, 5) is 35.2. The molecule has 0 unspecified atom stereocenters. The summed E-state index contributed by atoms with van der Waals surface area (Å²) in [5.41, 5.74) is 1.09. The first-order valence-corrected chi connectivity index (χ1v) is 8.75. The molecule has 0 saturated carbocycles. The Bertz CT molecular complexity index is 771. The number of hydrogen-bond donors (Lipinski definition) is 1. The molecule has 0 aliphatic heterocycles. The molecule has 0 fully saturated rings. The average molecular weight is 369 g/mol. The van der Waals surface area contributed by atoms with Crippen LogP contribution in [0.5, 0.6) is 5.75 Å². The molecular formula is C21H23NO5. The van der Waals surface area contributed by atoms with Gasteiger partial charge in [-0.05, 0) is 56.7 Å². The van der Waals surface area contributed by atoms with E-state index in [0.29, 0.717) is 24.3 Å². The highest BCUT2D eigenvalue weighted by molar-refractivity contribution is 5.97. The number of amides is 1. The minimum Gasteiger partial charge on any atom is -0.494 e. The number of Topliss-reactive ketones (excluding diaryl/α,β-unsaturated/α-hetero) is 1. The third-order valence-electron chi connectivity index (χ3n) is 3.77. The second-order valence-electron chi connectivity index (χ2n) is 6.02. The minimum absolute atomic E-state index is 0.0496. The van der Waals surface area contributed by atoms with Gasteiger partial charge in [-0.1, -0.05) is 18.2 Å². The summed E-state index contributed by atoms with van der Waals surface area (Å²) in [6.45, 7) is 3.37. The number of para-hydroxylation sites is 1. The van der Waals surface area contributed by atoms with Crippen molar-refractivity contribution in [3.63, 3.8) is 0 Å². The van der Waals surface area contributed by atoms with Gasteiger partial charge in [0.25, 0.3) is 5.91 Å². The van der Waals surface area contributed by atoms with Gasteiger partial charge in [0.15, 0.2) is 11.9 Å². The molecule has 0 aliphatic rings. The zero-order chi connectivity index (χ0) is 19.6. The highest BCUT2D eigenvalue weighted by atomic mass is 16.5. The van der Waals surface area contributed by atoms with Crippen LogP contribution in [-0.2, 0) is 14.3 Å². The summed E-state index contributed by atoms with van der Waals surface area (Å²) in [5.74, 6) is -0.193. The molecule has 0 heterocycles. The molecule has 2 aromatic rings. The average Bonchev–Trinajstić information content (AvgIpc) is 2.66. The summed E-state index contributed by atoms with van der Waals surface area (Å²) in [7, 11) is 0. The highest BCUT2D eigenvalue weighted by Crippen LogP contribution is 2.12. The first-order chi connectivity index (χ1) is 13.0. The lowest BCUT2D eigenvalue weighted by molar-refractivity contribution is -0.153. The molecule has 0 saturated heterocycles. The van der Waals surface area contributed by atoms with Crippen molar-refractivity contribution in [3.8, 4) is 5.75 Å². The highest BCUT2D eigenvalue weighted by Gasteiger charge is 2.17. The number of ketones is 1. The zero-order valence-electron chi connectivity index (χ0n) is 15.4. The van der Waals surface area contributed by atoms with Crippen LogP contribution in [0, 0.1) is 0 Å². The molecule has 0 radical (unpaired) electrons. The van der Waals surface area contributed by atoms with Crippen molar-refractivity contribution in [1.82, 2.24) is 0 Å². The van der Waals surface area contributed by atoms with Crippen LogP contribution in [0.15, 0.2) is 54.6 Å². The zero-order valence-corrected chi connectivity index (χ0v) is 15.4. The quantitative estimate of drug-likeness (QED) is 0.415. The Kier molecular flexibility index (Phi) is 7.55. The van der Waals surface area contributed by atoms with Gasteiger partial charge < -0.3 is 14.8 Å². The maximum atomic E-state index is 12.1. The number of ether oxygens (including phenoxy) is 2. The van der Waals surface area contributed by atoms with Crippen LogP contribution >= 0.6 is 0 Å². The predicted molar refractivity (Wildman–Crippen MR) is 102 cm³/mol. The van der Waals surface area contributed by atoms with E-state index in [0.717, 1.165) is 5.75 Å². The van der Waals surface area contributed by atoms with Crippen molar-refractivity contribution in [3.05, 3.63) is 60.2 Å². The SMILES string of the molecule is CC(=O)c1ccc(NC(=O)[C@H](C)OC(=O)CCCOc2ccccc2)cc1. The second kappa shape index (κ2) is 10.1. The van der Waals surface area contributed by atoms with Crippen molar-refractivity contribution in [2.24, 2.45) is 0 Å². The largest absolute Gasteiger partial charge is 0.494 e. The van der Waals surface area contributed by atoms with E-state index in [4.69, 9.17) is 9.47 Å². The fourth-order valence-corrected chi connectivity index (χ4v) is 2.27. The van der Waals surface area contributed by atoms with Crippen LogP contribution in [0.4, 0.5) is 5.69 Å². The van der Waals surface area contributed by atoms with Gasteiger partial charge >= 0.3 is 5.97 Å². The topological polar surface area (TPSA) is 81.7 Å². The van der Waals surface area contributed by atoms with E-state index >= 15 is 0 Å². The molecule has 6 nitrogen and oxygen atoms in total. The van der Waals surface area contributed by atoms with Crippen LogP contribution in [0.3, 0.4) is 0 Å². The Labute approximate surface area is 158 Å². The molecule has 0 aliphatic carbocycles. The van der Waals surface area contributed by atoms with Crippen molar-refractivity contribution in [2.45, 2.75) is 32.8 Å². The van der Waals surface area contributed by atoms with Gasteiger partial charge in [0.1, 0.15) is 5.75 Å². The number of anilines is 1. The van der Waals surface area contributed by atoms with Crippen LogP contribution in [0.2, 0.25) is 0 Å². The lowest BCUT2D eigenvalue weighted by Gasteiger charge is -2.14. The molecule has 2 aromatic carbocycles. The Balaban J connectivity index is 1.69. The molecule has 1 N–H and O–H groups in total. The van der Waals surface area contributed by atoms with E-state index in [1.54, 1.807) is 24.3 Å². The monoisotopic (exact) mass is 369 g/mol. The maximum Gasteiger partial charge on any atom is 0.306 e. The first-order valence-electron chi connectivity index (χ1n) is 8.75. The normalized spacial score (nSPS) is 11.3. The van der Waals surface area contributed by atoms with E-state index in [1.165, 1.54) is 13.8 Å². The number of rotatable bonds is 9. The summed E-state index contributed by atoms with van der Waals surface area (Å²) in [6, 6.07) is 15.8. The fourth-order valence-electron chi connectivity index (χ4n) is 2.27. The number of esters is 1. The van der Waals surface area contributed by atoms with E-state index < -0.39 is 18.0 Å². The van der Waals surface area contributed by atoms with E-state index in [2.05, 4.69) is 5.32 Å². The summed E-state index contributed by atoms with van der Waals surface area (Å²) >= 11 is 0. The van der Waals surface area contributed by atoms with Crippen LogP contribution in [0.25, 0.3) is 0 Å². The van der Waals surface area contributed by atoms with Gasteiger partial charge in [0.2, 0.25) is 0 Å². The summed E-state index contributed by atoms with van der Waals surface area (Å²) in [5, 5.41) is 2.65. The molecule has 1 amide bonds. The Morgan fingerprint density at radius 1 is 1.00 bits per heavy atom. The van der Waals surface area contributed by atoms with Crippen molar-refractivity contribution in [2.75, 3.05) is 11.9 Å². The number of hydrogen-bond acceptors (Lipinski definition) is 5. The smallest absolute Gasteiger partial charge is 0.306 e. The Hall–Kier alpha value is -3.15. The second-order valence-corrected chi connectivity index (χ2v) is 6.02. The van der Waals surface area contributed by atoms with Crippen LogP contribution in [0.1, 0.15) is 37.0 Å². The van der Waals surface area contributed by atoms with Gasteiger partial charge in [-0.25, -0.2) is 0 Å². The lowest BCUT2D eigenvalue weighted by Crippen LogP contribution is -2.30. The number of benzene rings is 2. The third kappa shape index (κ3) is 6.93. The predicted octanol–water partition coefficient (Wildman–Crippen LogP) is 3.62. The van der Waals surface area contributed by atoms with Gasteiger partial charge in [-0.3, -0.25) is 14.4 Å². The van der Waals surface area contributed by atoms with E-state index in [9.17, 15) is 14.4 Å². The van der Waals surface area contributed by atoms with Gasteiger partial charge in [0.05, 0.1) is 6.61 Å². The molecule has 1 atom stereocenters. The number of carbonyl (C=O) groups excluding carboxylic acids is 3.